The van der Waals surface area contributed by atoms with E-state index in [1.807, 2.05) is 30.3 Å². The zero-order chi connectivity index (χ0) is 13.0. The number of aromatic nitrogens is 2. The van der Waals surface area contributed by atoms with Crippen molar-refractivity contribution in [3.05, 3.63) is 42.7 Å². The number of rotatable bonds is 4. The van der Waals surface area contributed by atoms with Crippen LogP contribution in [0.5, 0.6) is 0 Å². The molecule has 2 aromatic rings. The van der Waals surface area contributed by atoms with E-state index in [1.165, 1.54) is 6.33 Å². The first-order valence-electron chi connectivity index (χ1n) is 5.53. The first-order valence-corrected chi connectivity index (χ1v) is 5.53. The Morgan fingerprint density at radius 1 is 1.28 bits per heavy atom. The minimum absolute atomic E-state index is 0.499. The Labute approximate surface area is 105 Å². The summed E-state index contributed by atoms with van der Waals surface area (Å²) in [5.41, 5.74) is 1.72. The lowest BCUT2D eigenvalue weighted by atomic mass is 10.1. The molecule has 0 aliphatic carbocycles. The van der Waals surface area contributed by atoms with Crippen LogP contribution < -0.4 is 5.32 Å². The second kappa shape index (κ2) is 5.27. The smallest absolute Gasteiger partial charge is 0.325 e. The summed E-state index contributed by atoms with van der Waals surface area (Å²) in [6, 6.07) is 10.7. The molecule has 1 atom stereocenters. The summed E-state index contributed by atoms with van der Waals surface area (Å²) in [4.78, 5) is 18.9. The molecule has 0 fully saturated rings. The molecule has 2 N–H and O–H groups in total. The van der Waals surface area contributed by atoms with Gasteiger partial charge in [0.05, 0.1) is 5.69 Å². The molecule has 0 spiro atoms. The number of carboxylic acids is 1. The van der Waals surface area contributed by atoms with Crippen LogP contribution in [0.3, 0.4) is 0 Å². The Morgan fingerprint density at radius 2 is 2.00 bits per heavy atom. The Balaban J connectivity index is 2.23. The summed E-state index contributed by atoms with van der Waals surface area (Å²) in [6.07, 6.45) is 1.42. The van der Waals surface area contributed by atoms with Gasteiger partial charge in [0.15, 0.2) is 0 Å². The molecule has 2 rings (SSSR count). The average Bonchev–Trinajstić information content (AvgIpc) is 2.40. The summed E-state index contributed by atoms with van der Waals surface area (Å²) in [6.45, 7) is 1.56. The molecule has 1 aromatic heterocycles. The van der Waals surface area contributed by atoms with E-state index < -0.39 is 12.0 Å². The van der Waals surface area contributed by atoms with Crippen LogP contribution in [0.2, 0.25) is 0 Å². The highest BCUT2D eigenvalue weighted by Crippen LogP contribution is 2.18. The van der Waals surface area contributed by atoms with Crippen molar-refractivity contribution in [2.45, 2.75) is 13.0 Å². The maximum Gasteiger partial charge on any atom is 0.325 e. The van der Waals surface area contributed by atoms with Crippen molar-refractivity contribution < 1.29 is 9.90 Å². The van der Waals surface area contributed by atoms with Crippen molar-refractivity contribution in [2.24, 2.45) is 0 Å². The molecular weight excluding hydrogens is 230 g/mol. The van der Waals surface area contributed by atoms with E-state index >= 15 is 0 Å². The lowest BCUT2D eigenvalue weighted by molar-refractivity contribution is -0.137. The number of carbonyl (C=O) groups is 1. The summed E-state index contributed by atoms with van der Waals surface area (Å²) in [7, 11) is 0. The van der Waals surface area contributed by atoms with Gasteiger partial charge in [-0.2, -0.15) is 0 Å². The maximum atomic E-state index is 10.8. The molecule has 0 amide bonds. The quantitative estimate of drug-likeness (QED) is 0.859. The van der Waals surface area contributed by atoms with Gasteiger partial charge in [-0.15, -0.1) is 0 Å². The summed E-state index contributed by atoms with van der Waals surface area (Å²) < 4.78 is 0. The molecule has 5 heteroatoms. The fourth-order valence-corrected chi connectivity index (χ4v) is 1.49. The molecule has 0 aliphatic heterocycles. The van der Waals surface area contributed by atoms with Gasteiger partial charge < -0.3 is 10.4 Å². The van der Waals surface area contributed by atoms with Gasteiger partial charge in [-0.05, 0) is 6.92 Å². The lowest BCUT2D eigenvalue weighted by Gasteiger charge is -2.10. The zero-order valence-corrected chi connectivity index (χ0v) is 9.87. The van der Waals surface area contributed by atoms with E-state index in [9.17, 15) is 4.79 Å². The SMILES string of the molecule is C[C@@H](Nc1cc(-c2ccccc2)ncn1)C(=O)O. The number of anilines is 1. The summed E-state index contributed by atoms with van der Waals surface area (Å²) in [5, 5.41) is 11.6. The van der Waals surface area contributed by atoms with E-state index in [0.717, 1.165) is 11.3 Å². The maximum absolute atomic E-state index is 10.8. The van der Waals surface area contributed by atoms with Crippen molar-refractivity contribution in [3.8, 4) is 11.3 Å². The van der Waals surface area contributed by atoms with Gasteiger partial charge in [-0.25, -0.2) is 9.97 Å². The molecule has 0 saturated carbocycles. The van der Waals surface area contributed by atoms with Gasteiger partial charge in [0.2, 0.25) is 0 Å². The van der Waals surface area contributed by atoms with E-state index in [0.29, 0.717) is 5.82 Å². The highest BCUT2D eigenvalue weighted by Gasteiger charge is 2.11. The highest BCUT2D eigenvalue weighted by molar-refractivity contribution is 5.76. The first kappa shape index (κ1) is 12.0. The number of benzene rings is 1. The van der Waals surface area contributed by atoms with Crippen LogP contribution >= 0.6 is 0 Å². The molecule has 5 nitrogen and oxygen atoms in total. The molecule has 1 heterocycles. The van der Waals surface area contributed by atoms with Crippen molar-refractivity contribution >= 4 is 11.8 Å². The van der Waals surface area contributed by atoms with Crippen LogP contribution in [0, 0.1) is 0 Å². The molecule has 0 radical (unpaired) electrons. The lowest BCUT2D eigenvalue weighted by Crippen LogP contribution is -2.25. The van der Waals surface area contributed by atoms with E-state index in [1.54, 1.807) is 13.0 Å². The first-order chi connectivity index (χ1) is 8.66. The third kappa shape index (κ3) is 2.82. The third-order valence-corrected chi connectivity index (χ3v) is 2.47. The molecule has 1 aromatic carbocycles. The van der Waals surface area contributed by atoms with Gasteiger partial charge in [0, 0.05) is 11.6 Å². The second-order valence-electron chi connectivity index (χ2n) is 3.86. The standard InChI is InChI=1S/C13H13N3O2/c1-9(13(17)18)16-12-7-11(14-8-15-12)10-5-3-2-4-6-10/h2-9H,1H3,(H,17,18)(H,14,15,16)/t9-/m1/s1. The number of nitrogens with zero attached hydrogens (tertiary/aromatic N) is 2. The normalized spacial score (nSPS) is 11.8. The minimum atomic E-state index is -0.921. The Hall–Kier alpha value is -2.43. The molecule has 0 unspecified atom stereocenters. The van der Waals surface area contributed by atoms with Crippen LogP contribution in [-0.4, -0.2) is 27.1 Å². The molecule has 0 bridgehead atoms. The second-order valence-corrected chi connectivity index (χ2v) is 3.86. The molecule has 18 heavy (non-hydrogen) atoms. The topological polar surface area (TPSA) is 75.1 Å². The zero-order valence-electron chi connectivity index (χ0n) is 9.87. The van der Waals surface area contributed by atoms with Gasteiger partial charge in [0.1, 0.15) is 18.2 Å². The number of nitrogens with one attached hydrogen (secondary N) is 1. The third-order valence-electron chi connectivity index (χ3n) is 2.47. The van der Waals surface area contributed by atoms with Gasteiger partial charge >= 0.3 is 5.97 Å². The van der Waals surface area contributed by atoms with Crippen molar-refractivity contribution in [1.82, 2.24) is 9.97 Å². The van der Waals surface area contributed by atoms with Crippen LogP contribution in [0.25, 0.3) is 11.3 Å². The fraction of sp³-hybridized carbons (Fsp3) is 0.154. The van der Waals surface area contributed by atoms with E-state index in [2.05, 4.69) is 15.3 Å². The number of carboxylic acid groups (broad SMARTS) is 1. The Kier molecular flexibility index (Phi) is 3.52. The predicted octanol–water partition coefficient (Wildman–Crippen LogP) is 2.03. The van der Waals surface area contributed by atoms with Gasteiger partial charge in [0.25, 0.3) is 0 Å². The summed E-state index contributed by atoms with van der Waals surface area (Å²) >= 11 is 0. The fourth-order valence-electron chi connectivity index (χ4n) is 1.49. The van der Waals surface area contributed by atoms with Crippen LogP contribution in [0.1, 0.15) is 6.92 Å². The van der Waals surface area contributed by atoms with Gasteiger partial charge in [-0.3, -0.25) is 4.79 Å². The number of hydrogen-bond acceptors (Lipinski definition) is 4. The highest BCUT2D eigenvalue weighted by atomic mass is 16.4. The van der Waals surface area contributed by atoms with Crippen LogP contribution in [0.4, 0.5) is 5.82 Å². The molecule has 0 saturated heterocycles. The number of aliphatic carboxylic acids is 1. The minimum Gasteiger partial charge on any atom is -0.480 e. The largest absolute Gasteiger partial charge is 0.480 e. The Bertz CT molecular complexity index is 543. The summed E-state index contributed by atoms with van der Waals surface area (Å²) in [5.74, 6) is -0.423. The predicted molar refractivity (Wildman–Crippen MR) is 68.2 cm³/mol. The van der Waals surface area contributed by atoms with E-state index in [-0.39, 0.29) is 0 Å². The van der Waals surface area contributed by atoms with Crippen molar-refractivity contribution in [2.75, 3.05) is 5.32 Å². The molecule has 0 aliphatic rings. The average molecular weight is 243 g/mol. The van der Waals surface area contributed by atoms with Crippen LogP contribution in [-0.2, 0) is 4.79 Å². The molecule has 92 valence electrons. The monoisotopic (exact) mass is 243 g/mol. The van der Waals surface area contributed by atoms with Gasteiger partial charge in [-0.1, -0.05) is 30.3 Å². The Morgan fingerprint density at radius 3 is 2.67 bits per heavy atom. The van der Waals surface area contributed by atoms with E-state index in [4.69, 9.17) is 5.11 Å². The number of hydrogen-bond donors (Lipinski definition) is 2. The molecular formula is C13H13N3O2. The van der Waals surface area contributed by atoms with Crippen molar-refractivity contribution in [3.63, 3.8) is 0 Å². The van der Waals surface area contributed by atoms with Crippen LogP contribution in [0.15, 0.2) is 42.7 Å². The van der Waals surface area contributed by atoms with Crippen molar-refractivity contribution in [1.29, 1.82) is 0 Å².